The van der Waals surface area contributed by atoms with E-state index in [2.05, 4.69) is 154 Å². The van der Waals surface area contributed by atoms with Gasteiger partial charge in [0.1, 0.15) is 13.2 Å². The van der Waals surface area contributed by atoms with Crippen LogP contribution in [0.25, 0.3) is 0 Å². The first-order valence-corrected chi connectivity index (χ1v) is 29.2. The molecule has 0 rings (SSSR count). The lowest BCUT2D eigenvalue weighted by molar-refractivity contribution is -0.167. The van der Waals surface area contributed by atoms with Crippen molar-refractivity contribution in [1.82, 2.24) is 0 Å². The molecule has 0 heterocycles. The largest absolute Gasteiger partial charge is 0.462 e. The Morgan fingerprint density at radius 3 is 0.944 bits per heavy atom. The van der Waals surface area contributed by atoms with Crippen molar-refractivity contribution >= 4 is 17.9 Å². The summed E-state index contributed by atoms with van der Waals surface area (Å²) in [4.78, 5) is 38.2. The lowest BCUT2D eigenvalue weighted by Crippen LogP contribution is -2.30. The van der Waals surface area contributed by atoms with E-state index in [1.807, 2.05) is 0 Å². The van der Waals surface area contributed by atoms with E-state index in [0.29, 0.717) is 19.3 Å². The molecular formula is C66H106O6. The zero-order valence-electron chi connectivity index (χ0n) is 46.4. The minimum atomic E-state index is -0.817. The van der Waals surface area contributed by atoms with Crippen molar-refractivity contribution in [3.63, 3.8) is 0 Å². The highest BCUT2D eigenvalue weighted by molar-refractivity contribution is 5.71. The van der Waals surface area contributed by atoms with Gasteiger partial charge in [0.05, 0.1) is 0 Å². The molecular weight excluding hydrogens is 889 g/mol. The number of esters is 3. The first-order chi connectivity index (χ1) is 35.5. The van der Waals surface area contributed by atoms with Crippen LogP contribution in [0, 0.1) is 0 Å². The molecule has 1 unspecified atom stereocenters. The van der Waals surface area contributed by atoms with Gasteiger partial charge < -0.3 is 14.2 Å². The van der Waals surface area contributed by atoms with Crippen molar-refractivity contribution < 1.29 is 28.6 Å². The third-order valence-corrected chi connectivity index (χ3v) is 11.9. The second kappa shape index (κ2) is 59.1. The predicted molar refractivity (Wildman–Crippen MR) is 311 cm³/mol. The maximum atomic E-state index is 12.9. The second-order valence-corrected chi connectivity index (χ2v) is 18.8. The summed E-state index contributed by atoms with van der Waals surface area (Å²) in [6.07, 6.45) is 82.9. The van der Waals surface area contributed by atoms with Crippen molar-refractivity contribution in [1.29, 1.82) is 0 Å². The number of unbranched alkanes of at least 4 members (excludes halogenated alkanes) is 19. The van der Waals surface area contributed by atoms with Gasteiger partial charge in [-0.2, -0.15) is 0 Å². The van der Waals surface area contributed by atoms with Gasteiger partial charge in [-0.25, -0.2) is 0 Å². The van der Waals surface area contributed by atoms with Crippen LogP contribution in [-0.4, -0.2) is 37.2 Å². The Kier molecular flexibility index (Phi) is 55.5. The summed E-state index contributed by atoms with van der Waals surface area (Å²) in [7, 11) is 0. The highest BCUT2D eigenvalue weighted by atomic mass is 16.6. The molecule has 0 amide bonds. The van der Waals surface area contributed by atoms with Crippen molar-refractivity contribution in [2.24, 2.45) is 0 Å². The average Bonchev–Trinajstić information content (AvgIpc) is 3.38. The Labute approximate surface area is 443 Å². The topological polar surface area (TPSA) is 78.9 Å². The Morgan fingerprint density at radius 1 is 0.306 bits per heavy atom. The maximum absolute atomic E-state index is 12.9. The number of carbonyl (C=O) groups excluding carboxylic acids is 3. The minimum Gasteiger partial charge on any atom is -0.462 e. The molecule has 0 radical (unpaired) electrons. The second-order valence-electron chi connectivity index (χ2n) is 18.8. The van der Waals surface area contributed by atoms with Crippen LogP contribution >= 0.6 is 0 Å². The maximum Gasteiger partial charge on any atom is 0.306 e. The first-order valence-electron chi connectivity index (χ1n) is 29.2. The fraction of sp³-hybridized carbons (Fsp3) is 0.621. The molecule has 0 aromatic rings. The number of carbonyl (C=O) groups is 3. The van der Waals surface area contributed by atoms with Gasteiger partial charge in [0.25, 0.3) is 0 Å². The van der Waals surface area contributed by atoms with Gasteiger partial charge in [0.2, 0.25) is 0 Å². The third-order valence-electron chi connectivity index (χ3n) is 11.9. The Hall–Kier alpha value is -4.45. The van der Waals surface area contributed by atoms with Gasteiger partial charge in [-0.05, 0) is 128 Å². The van der Waals surface area contributed by atoms with Crippen molar-refractivity contribution in [3.05, 3.63) is 134 Å². The highest BCUT2D eigenvalue weighted by Crippen LogP contribution is 2.13. The summed E-state index contributed by atoms with van der Waals surface area (Å²) in [5, 5.41) is 0. The molecule has 0 aliphatic heterocycles. The molecule has 0 bridgehead atoms. The van der Waals surface area contributed by atoms with Crippen molar-refractivity contribution in [3.8, 4) is 0 Å². The van der Waals surface area contributed by atoms with E-state index in [0.717, 1.165) is 148 Å². The molecule has 0 aromatic carbocycles. The third kappa shape index (κ3) is 56.5. The van der Waals surface area contributed by atoms with Crippen LogP contribution in [0.5, 0.6) is 0 Å². The Balaban J connectivity index is 4.54. The van der Waals surface area contributed by atoms with Crippen LogP contribution < -0.4 is 0 Å². The van der Waals surface area contributed by atoms with E-state index in [1.54, 1.807) is 0 Å². The first kappa shape index (κ1) is 67.5. The Morgan fingerprint density at radius 2 is 0.583 bits per heavy atom. The molecule has 72 heavy (non-hydrogen) atoms. The summed E-state index contributed by atoms with van der Waals surface area (Å²) >= 11 is 0. The van der Waals surface area contributed by atoms with Gasteiger partial charge in [0, 0.05) is 19.3 Å². The predicted octanol–water partition coefficient (Wildman–Crippen LogP) is 19.8. The Bertz CT molecular complexity index is 1560. The standard InChI is InChI=1S/C66H106O6/c1-4-7-10-13-16-19-22-25-28-31-33-35-38-41-44-47-50-53-56-59-65(68)71-62-63(61-70-64(67)58-55-52-49-46-43-40-37-30-27-24-21-18-15-12-9-6-3)72-66(69)60-57-54-51-48-45-42-39-36-34-32-29-26-23-20-17-14-11-8-5-2/h7-8,10-11,16-17,19-20,25-26,28-30,33-37,40-41,43-44,63H,4-6,9,12-15,18,21-24,27,31-32,38-39,42,45-62H2,1-3H3/b10-7-,11-8-,19-16-,20-17-,28-25-,29-26-,35-33-,36-34-,37-30-,43-40-,44-41-. The van der Waals surface area contributed by atoms with Gasteiger partial charge >= 0.3 is 17.9 Å². The van der Waals surface area contributed by atoms with E-state index in [4.69, 9.17) is 14.2 Å². The van der Waals surface area contributed by atoms with Gasteiger partial charge in [-0.3, -0.25) is 14.4 Å². The molecule has 0 aliphatic rings. The minimum absolute atomic E-state index is 0.113. The zero-order valence-corrected chi connectivity index (χ0v) is 46.4. The van der Waals surface area contributed by atoms with E-state index in [-0.39, 0.29) is 31.1 Å². The lowest BCUT2D eigenvalue weighted by atomic mass is 10.1. The van der Waals surface area contributed by atoms with E-state index in [1.165, 1.54) is 57.8 Å². The van der Waals surface area contributed by atoms with Crippen LogP contribution in [0.4, 0.5) is 0 Å². The molecule has 0 aliphatic carbocycles. The fourth-order valence-corrected chi connectivity index (χ4v) is 7.57. The highest BCUT2D eigenvalue weighted by Gasteiger charge is 2.19. The van der Waals surface area contributed by atoms with Crippen LogP contribution in [0.3, 0.4) is 0 Å². The average molecular weight is 996 g/mol. The molecule has 6 heteroatoms. The lowest BCUT2D eigenvalue weighted by Gasteiger charge is -2.18. The van der Waals surface area contributed by atoms with Crippen LogP contribution in [0.1, 0.15) is 245 Å². The van der Waals surface area contributed by atoms with Crippen LogP contribution in [0.15, 0.2) is 134 Å². The molecule has 0 saturated heterocycles. The molecule has 0 spiro atoms. The summed E-state index contributed by atoms with van der Waals surface area (Å²) in [5.41, 5.74) is 0. The normalized spacial score (nSPS) is 13.1. The van der Waals surface area contributed by atoms with E-state index >= 15 is 0 Å². The van der Waals surface area contributed by atoms with Crippen molar-refractivity contribution in [2.45, 2.75) is 252 Å². The summed E-state index contributed by atoms with van der Waals surface area (Å²) < 4.78 is 16.8. The number of hydrogen-bond donors (Lipinski definition) is 0. The quantitative estimate of drug-likeness (QED) is 0.0199. The van der Waals surface area contributed by atoms with Crippen molar-refractivity contribution in [2.75, 3.05) is 13.2 Å². The molecule has 0 fully saturated rings. The number of rotatable bonds is 51. The van der Waals surface area contributed by atoms with Crippen LogP contribution in [0.2, 0.25) is 0 Å². The summed E-state index contributed by atoms with van der Waals surface area (Å²) in [6, 6.07) is 0. The molecule has 6 nitrogen and oxygen atoms in total. The molecule has 1 atom stereocenters. The van der Waals surface area contributed by atoms with Crippen LogP contribution in [-0.2, 0) is 28.6 Å². The molecule has 0 aromatic heterocycles. The molecule has 0 N–H and O–H groups in total. The van der Waals surface area contributed by atoms with E-state index in [9.17, 15) is 14.4 Å². The fourth-order valence-electron chi connectivity index (χ4n) is 7.57. The monoisotopic (exact) mass is 995 g/mol. The number of hydrogen-bond acceptors (Lipinski definition) is 6. The number of allylic oxidation sites excluding steroid dienone is 22. The van der Waals surface area contributed by atoms with E-state index < -0.39 is 6.10 Å². The SMILES string of the molecule is CC/C=C\C/C=C\C/C=C\C/C=C\C/C=C\CCCCCC(=O)OCC(COC(=O)CCCCC/C=C\C=C/CCCCCCCCC)OC(=O)CCCCCCCC/C=C\C/C=C\C/C=C\C/C=C\CC. The summed E-state index contributed by atoms with van der Waals surface area (Å²) in [6.45, 7) is 6.34. The van der Waals surface area contributed by atoms with Gasteiger partial charge in [-0.15, -0.1) is 0 Å². The smallest absolute Gasteiger partial charge is 0.306 e. The zero-order chi connectivity index (χ0) is 52.2. The molecule has 406 valence electrons. The summed E-state index contributed by atoms with van der Waals surface area (Å²) in [5.74, 6) is -0.986. The van der Waals surface area contributed by atoms with Gasteiger partial charge in [-0.1, -0.05) is 231 Å². The molecule has 0 saturated carbocycles. The van der Waals surface area contributed by atoms with Gasteiger partial charge in [0.15, 0.2) is 6.10 Å². The number of ether oxygens (including phenoxy) is 3.